The monoisotopic (exact) mass is 241 g/mol. The van der Waals surface area contributed by atoms with Crippen LogP contribution in [0.15, 0.2) is 0 Å². The van der Waals surface area contributed by atoms with E-state index in [1.807, 2.05) is 4.90 Å². The van der Waals surface area contributed by atoms with Crippen LogP contribution in [0.4, 0.5) is 11.6 Å². The van der Waals surface area contributed by atoms with Gasteiger partial charge in [0, 0.05) is 19.3 Å². The van der Waals surface area contributed by atoms with Crippen molar-refractivity contribution in [2.24, 2.45) is 0 Å². The zero-order valence-corrected chi connectivity index (χ0v) is 9.37. The summed E-state index contributed by atoms with van der Waals surface area (Å²) in [7, 11) is 0. The number of anilines is 2. The zero-order chi connectivity index (χ0) is 11.5. The van der Waals surface area contributed by atoms with E-state index in [1.165, 1.54) is 0 Å². The van der Waals surface area contributed by atoms with Gasteiger partial charge in [-0.05, 0) is 11.6 Å². The van der Waals surface area contributed by atoms with Gasteiger partial charge in [-0.25, -0.2) is 4.98 Å². The number of nitrogens with one attached hydrogen (secondary N) is 1. The Morgan fingerprint density at radius 3 is 2.69 bits per heavy atom. The fraction of sp³-hybridized carbons (Fsp3) is 0.444. The van der Waals surface area contributed by atoms with Crippen LogP contribution >= 0.6 is 11.6 Å². The van der Waals surface area contributed by atoms with Crippen LogP contribution in [0.25, 0.3) is 0 Å². The summed E-state index contributed by atoms with van der Waals surface area (Å²) in [4.78, 5) is 9.94. The molecular weight excluding hydrogens is 230 g/mol. The van der Waals surface area contributed by atoms with Crippen molar-refractivity contribution in [3.63, 3.8) is 0 Å². The molecule has 7 heteroatoms. The van der Waals surface area contributed by atoms with Gasteiger partial charge in [-0.1, -0.05) is 0 Å². The van der Waals surface area contributed by atoms with E-state index in [1.54, 1.807) is 0 Å². The fourth-order valence-electron chi connectivity index (χ4n) is 1.60. The van der Waals surface area contributed by atoms with Crippen molar-refractivity contribution in [3.05, 3.63) is 10.8 Å². The number of nitrogens with two attached hydrogens (primary N) is 1. The number of nitrogen functional groups attached to an aromatic ring is 1. The normalized spacial score (nSPS) is 16.2. The number of nitrogens with zero attached hydrogens (tertiary/aromatic N) is 3. The van der Waals surface area contributed by atoms with Gasteiger partial charge in [-0.15, -0.1) is 0 Å². The van der Waals surface area contributed by atoms with Gasteiger partial charge in [0.15, 0.2) is 0 Å². The van der Waals surface area contributed by atoms with Gasteiger partial charge >= 0.3 is 0 Å². The van der Waals surface area contributed by atoms with Gasteiger partial charge in [0.2, 0.25) is 5.28 Å². The maximum Gasteiger partial charge on any atom is 0.226 e. The molecule has 3 N–H and O–H groups in total. The van der Waals surface area contributed by atoms with Crippen LogP contribution in [-0.4, -0.2) is 42.5 Å². The highest BCUT2D eigenvalue weighted by atomic mass is 35.5. The van der Waals surface area contributed by atoms with Crippen LogP contribution in [0.3, 0.4) is 0 Å². The molecule has 0 atom stereocenters. The Morgan fingerprint density at radius 2 is 2.06 bits per heavy atom. The molecular formula is C9H12ClN5O. The molecule has 2 rings (SSSR count). The SMILES string of the molecule is N=Cc1c(N)nc(Cl)nc1N1CCOCC1. The molecule has 1 aromatic heterocycles. The average molecular weight is 242 g/mol. The lowest BCUT2D eigenvalue weighted by Crippen LogP contribution is -2.37. The predicted octanol–water partition coefficient (Wildman–Crippen LogP) is 0.546. The van der Waals surface area contributed by atoms with Crippen LogP contribution in [0.5, 0.6) is 0 Å². The second kappa shape index (κ2) is 4.63. The van der Waals surface area contributed by atoms with Crippen molar-refractivity contribution in [1.82, 2.24) is 9.97 Å². The quantitative estimate of drug-likeness (QED) is 0.583. The molecule has 0 radical (unpaired) electrons. The Kier molecular flexibility index (Phi) is 3.21. The maximum absolute atomic E-state index is 7.33. The lowest BCUT2D eigenvalue weighted by Gasteiger charge is -2.29. The number of rotatable bonds is 2. The minimum atomic E-state index is 0.101. The number of aromatic nitrogens is 2. The van der Waals surface area contributed by atoms with E-state index >= 15 is 0 Å². The van der Waals surface area contributed by atoms with Crippen molar-refractivity contribution in [3.8, 4) is 0 Å². The Bertz CT molecular complexity index is 405. The topological polar surface area (TPSA) is 88.1 Å². The van der Waals surface area contributed by atoms with Crippen LogP contribution < -0.4 is 10.6 Å². The van der Waals surface area contributed by atoms with Gasteiger partial charge in [-0.3, -0.25) is 0 Å². The van der Waals surface area contributed by atoms with Crippen LogP contribution in [-0.2, 0) is 4.74 Å². The lowest BCUT2D eigenvalue weighted by atomic mass is 10.2. The fourth-order valence-corrected chi connectivity index (χ4v) is 1.77. The standard InChI is InChI=1S/C9H12ClN5O/c10-9-13-7(12)6(5-11)8(14-9)15-1-3-16-4-2-15/h5,11H,1-4H2,(H2,12,13,14). The summed E-state index contributed by atoms with van der Waals surface area (Å²) < 4.78 is 5.25. The van der Waals surface area contributed by atoms with E-state index in [4.69, 9.17) is 27.5 Å². The van der Waals surface area contributed by atoms with Crippen molar-refractivity contribution in [2.45, 2.75) is 0 Å². The predicted molar refractivity (Wildman–Crippen MR) is 62.4 cm³/mol. The van der Waals surface area contributed by atoms with Crippen molar-refractivity contribution in [1.29, 1.82) is 5.41 Å². The second-order valence-electron chi connectivity index (χ2n) is 3.36. The van der Waals surface area contributed by atoms with Gasteiger partial charge < -0.3 is 20.8 Å². The third-order valence-electron chi connectivity index (χ3n) is 2.38. The first-order chi connectivity index (χ1) is 7.72. The maximum atomic E-state index is 7.33. The number of halogens is 1. The Labute approximate surface area is 97.9 Å². The first-order valence-corrected chi connectivity index (χ1v) is 5.26. The van der Waals surface area contributed by atoms with Gasteiger partial charge in [0.05, 0.1) is 18.8 Å². The van der Waals surface area contributed by atoms with E-state index in [2.05, 4.69) is 9.97 Å². The Balaban J connectivity index is 2.40. The summed E-state index contributed by atoms with van der Waals surface area (Å²) in [6, 6.07) is 0. The summed E-state index contributed by atoms with van der Waals surface area (Å²) in [5, 5.41) is 7.43. The highest BCUT2D eigenvalue weighted by Gasteiger charge is 2.18. The van der Waals surface area contributed by atoms with Gasteiger partial charge in [-0.2, -0.15) is 4.98 Å². The molecule has 0 spiro atoms. The van der Waals surface area contributed by atoms with Gasteiger partial charge in [0.1, 0.15) is 11.6 Å². The molecule has 0 bridgehead atoms. The summed E-state index contributed by atoms with van der Waals surface area (Å²) in [6.07, 6.45) is 1.15. The molecule has 0 saturated carbocycles. The smallest absolute Gasteiger partial charge is 0.226 e. The van der Waals surface area contributed by atoms with E-state index in [-0.39, 0.29) is 11.1 Å². The average Bonchev–Trinajstić information content (AvgIpc) is 2.29. The molecule has 0 unspecified atom stereocenters. The van der Waals surface area contributed by atoms with Crippen molar-refractivity contribution >= 4 is 29.5 Å². The third kappa shape index (κ3) is 2.07. The number of morpholine rings is 1. The Morgan fingerprint density at radius 1 is 1.38 bits per heavy atom. The Hall–Kier alpha value is -1.40. The molecule has 0 amide bonds. The minimum absolute atomic E-state index is 0.101. The number of hydrogen-bond donors (Lipinski definition) is 2. The summed E-state index contributed by atoms with van der Waals surface area (Å²) in [5.74, 6) is 0.840. The first-order valence-electron chi connectivity index (χ1n) is 4.88. The largest absolute Gasteiger partial charge is 0.383 e. The minimum Gasteiger partial charge on any atom is -0.383 e. The molecule has 6 nitrogen and oxygen atoms in total. The first kappa shape index (κ1) is 11.1. The number of ether oxygens (including phenoxy) is 1. The van der Waals surface area contributed by atoms with Crippen molar-refractivity contribution in [2.75, 3.05) is 36.9 Å². The van der Waals surface area contributed by atoms with E-state index < -0.39 is 0 Å². The second-order valence-corrected chi connectivity index (χ2v) is 3.70. The molecule has 0 aliphatic carbocycles. The number of hydrogen-bond acceptors (Lipinski definition) is 6. The van der Waals surface area contributed by atoms with Crippen molar-refractivity contribution < 1.29 is 4.74 Å². The van der Waals surface area contributed by atoms with Gasteiger partial charge in [0.25, 0.3) is 0 Å². The molecule has 86 valence electrons. The molecule has 16 heavy (non-hydrogen) atoms. The highest BCUT2D eigenvalue weighted by molar-refractivity contribution is 6.28. The van der Waals surface area contributed by atoms with Crippen LogP contribution in [0, 0.1) is 5.41 Å². The molecule has 0 aromatic carbocycles. The van der Waals surface area contributed by atoms with Crippen LogP contribution in [0.2, 0.25) is 5.28 Å². The molecule has 1 aliphatic heterocycles. The summed E-state index contributed by atoms with van der Waals surface area (Å²) in [5.41, 5.74) is 6.20. The molecule has 1 aromatic rings. The summed E-state index contributed by atoms with van der Waals surface area (Å²) >= 11 is 5.76. The molecule has 1 fully saturated rings. The lowest BCUT2D eigenvalue weighted by molar-refractivity contribution is 0.122. The zero-order valence-electron chi connectivity index (χ0n) is 8.61. The molecule has 1 saturated heterocycles. The third-order valence-corrected chi connectivity index (χ3v) is 2.55. The van der Waals surface area contributed by atoms with E-state index in [9.17, 15) is 0 Å². The van der Waals surface area contributed by atoms with E-state index in [0.717, 1.165) is 6.21 Å². The highest BCUT2D eigenvalue weighted by Crippen LogP contribution is 2.23. The molecule has 2 heterocycles. The van der Waals surface area contributed by atoms with Crippen LogP contribution in [0.1, 0.15) is 5.56 Å². The van der Waals surface area contributed by atoms with E-state index in [0.29, 0.717) is 37.7 Å². The summed E-state index contributed by atoms with van der Waals surface area (Å²) in [6.45, 7) is 2.71. The molecule has 1 aliphatic rings.